The summed E-state index contributed by atoms with van der Waals surface area (Å²) in [6.45, 7) is 4.23. The molecule has 3 nitrogen and oxygen atoms in total. The van der Waals surface area contributed by atoms with Gasteiger partial charge in [0.15, 0.2) is 0 Å². The molecule has 0 amide bonds. The van der Waals surface area contributed by atoms with E-state index in [1.165, 1.54) is 10.8 Å². The lowest BCUT2D eigenvalue weighted by Crippen LogP contribution is -2.14. The Kier molecular flexibility index (Phi) is 2.95. The number of rotatable bonds is 3. The van der Waals surface area contributed by atoms with Crippen LogP contribution in [0.25, 0.3) is 16.5 Å². The van der Waals surface area contributed by atoms with Crippen LogP contribution >= 0.6 is 0 Å². The van der Waals surface area contributed by atoms with Gasteiger partial charge >= 0.3 is 0 Å². The molecule has 19 heavy (non-hydrogen) atoms. The van der Waals surface area contributed by atoms with Gasteiger partial charge in [-0.15, -0.1) is 0 Å². The number of nitrogens with zero attached hydrogens (tertiary/aromatic N) is 2. The van der Waals surface area contributed by atoms with Gasteiger partial charge in [0.05, 0.1) is 5.69 Å². The maximum atomic E-state index is 4.39. The maximum Gasteiger partial charge on any atom is 0.207 e. The van der Waals surface area contributed by atoms with Crippen LogP contribution in [-0.2, 0) is 0 Å². The number of anilines is 1. The minimum absolute atomic E-state index is 0.358. The molecule has 3 rings (SSSR count). The van der Waals surface area contributed by atoms with Gasteiger partial charge in [-0.25, -0.2) is 4.98 Å². The molecule has 0 radical (unpaired) electrons. The fraction of sp³-hybridized carbons (Fsp3) is 0.188. The molecule has 0 saturated heterocycles. The minimum Gasteiger partial charge on any atom is -0.353 e. The van der Waals surface area contributed by atoms with Gasteiger partial charge in [-0.2, -0.15) is 0 Å². The molecule has 0 atom stereocenters. The van der Waals surface area contributed by atoms with Crippen molar-refractivity contribution < 1.29 is 0 Å². The molecule has 0 spiro atoms. The van der Waals surface area contributed by atoms with Crippen LogP contribution in [0.3, 0.4) is 0 Å². The summed E-state index contributed by atoms with van der Waals surface area (Å²) >= 11 is 0. The Hall–Kier alpha value is -2.29. The van der Waals surface area contributed by atoms with Gasteiger partial charge in [0.1, 0.15) is 0 Å². The van der Waals surface area contributed by atoms with Gasteiger partial charge in [-0.1, -0.05) is 36.4 Å². The summed E-state index contributed by atoms with van der Waals surface area (Å²) in [6, 6.07) is 15.1. The van der Waals surface area contributed by atoms with E-state index >= 15 is 0 Å². The Labute approximate surface area is 112 Å². The average Bonchev–Trinajstić information content (AvgIpc) is 2.85. The summed E-state index contributed by atoms with van der Waals surface area (Å²) in [5.41, 5.74) is 1.15. The molecular weight excluding hydrogens is 234 g/mol. The summed E-state index contributed by atoms with van der Waals surface area (Å²) in [5.74, 6) is 0.881. The highest BCUT2D eigenvalue weighted by atomic mass is 15.2. The first-order chi connectivity index (χ1) is 9.25. The van der Waals surface area contributed by atoms with Crippen LogP contribution in [0.15, 0.2) is 54.9 Å². The molecule has 0 aliphatic heterocycles. The van der Waals surface area contributed by atoms with E-state index in [2.05, 4.69) is 71.2 Å². The van der Waals surface area contributed by atoms with E-state index in [-0.39, 0.29) is 0 Å². The van der Waals surface area contributed by atoms with E-state index in [1.54, 1.807) is 0 Å². The molecule has 96 valence electrons. The largest absolute Gasteiger partial charge is 0.353 e. The van der Waals surface area contributed by atoms with Crippen molar-refractivity contribution in [3.05, 3.63) is 54.9 Å². The zero-order valence-corrected chi connectivity index (χ0v) is 11.2. The number of nitrogens with one attached hydrogen (secondary N) is 1. The Bertz CT molecular complexity index is 693. The SMILES string of the molecule is CC(C)Nc1nccn1-c1cccc2ccccc12. The molecule has 3 aromatic rings. The summed E-state index contributed by atoms with van der Waals surface area (Å²) in [4.78, 5) is 4.39. The van der Waals surface area contributed by atoms with Crippen molar-refractivity contribution in [1.29, 1.82) is 0 Å². The molecule has 0 aliphatic carbocycles. The second-order valence-electron chi connectivity index (χ2n) is 4.92. The number of benzene rings is 2. The molecule has 1 aromatic heterocycles. The number of aromatic nitrogens is 2. The third-order valence-corrected chi connectivity index (χ3v) is 3.08. The minimum atomic E-state index is 0.358. The van der Waals surface area contributed by atoms with E-state index in [4.69, 9.17) is 0 Å². The average molecular weight is 251 g/mol. The summed E-state index contributed by atoms with van der Waals surface area (Å²) in [5, 5.41) is 5.84. The van der Waals surface area contributed by atoms with Gasteiger partial charge in [-0.3, -0.25) is 4.57 Å². The number of imidazole rings is 1. The molecule has 0 bridgehead atoms. The van der Waals surface area contributed by atoms with E-state index in [0.717, 1.165) is 11.6 Å². The van der Waals surface area contributed by atoms with Crippen LogP contribution in [0.4, 0.5) is 5.95 Å². The summed E-state index contributed by atoms with van der Waals surface area (Å²) in [6.07, 6.45) is 3.82. The van der Waals surface area contributed by atoms with Gasteiger partial charge in [0.2, 0.25) is 5.95 Å². The second-order valence-corrected chi connectivity index (χ2v) is 4.92. The fourth-order valence-corrected chi connectivity index (χ4v) is 2.28. The van der Waals surface area contributed by atoms with Crippen LogP contribution in [-0.4, -0.2) is 15.6 Å². The highest BCUT2D eigenvalue weighted by Crippen LogP contribution is 2.24. The van der Waals surface area contributed by atoms with Gasteiger partial charge in [0.25, 0.3) is 0 Å². The predicted molar refractivity (Wildman–Crippen MR) is 79.8 cm³/mol. The Balaban J connectivity index is 2.17. The molecule has 0 saturated carbocycles. The van der Waals surface area contributed by atoms with Gasteiger partial charge in [-0.05, 0) is 25.3 Å². The van der Waals surface area contributed by atoms with Crippen molar-refractivity contribution in [3.63, 3.8) is 0 Å². The standard InChI is InChI=1S/C16H17N3/c1-12(2)18-16-17-10-11-19(16)15-9-5-7-13-6-3-4-8-14(13)15/h3-12H,1-2H3,(H,17,18). The van der Waals surface area contributed by atoms with Crippen molar-refractivity contribution in [1.82, 2.24) is 9.55 Å². The topological polar surface area (TPSA) is 29.9 Å². The lowest BCUT2D eigenvalue weighted by Gasteiger charge is -2.14. The number of fused-ring (bicyclic) bond motifs is 1. The molecule has 1 N–H and O–H groups in total. The van der Waals surface area contributed by atoms with E-state index in [9.17, 15) is 0 Å². The van der Waals surface area contributed by atoms with E-state index in [0.29, 0.717) is 6.04 Å². The molecular formula is C16H17N3. The Morgan fingerprint density at radius 2 is 1.84 bits per heavy atom. The highest BCUT2D eigenvalue weighted by Gasteiger charge is 2.08. The van der Waals surface area contributed by atoms with Crippen LogP contribution in [0, 0.1) is 0 Å². The van der Waals surface area contributed by atoms with Crippen molar-refractivity contribution in [3.8, 4) is 5.69 Å². The lowest BCUT2D eigenvalue weighted by molar-refractivity contribution is 0.865. The molecule has 1 heterocycles. The zero-order valence-electron chi connectivity index (χ0n) is 11.2. The monoisotopic (exact) mass is 251 g/mol. The predicted octanol–water partition coefficient (Wildman–Crippen LogP) is 3.85. The van der Waals surface area contributed by atoms with Crippen LogP contribution in [0.5, 0.6) is 0 Å². The molecule has 0 aliphatic rings. The fourth-order valence-electron chi connectivity index (χ4n) is 2.28. The summed E-state index contributed by atoms with van der Waals surface area (Å²) in [7, 11) is 0. The van der Waals surface area contributed by atoms with Crippen LogP contribution in [0.2, 0.25) is 0 Å². The van der Waals surface area contributed by atoms with Crippen molar-refractivity contribution >= 4 is 16.7 Å². The van der Waals surface area contributed by atoms with Crippen LogP contribution in [0.1, 0.15) is 13.8 Å². The molecule has 3 heteroatoms. The highest BCUT2D eigenvalue weighted by molar-refractivity contribution is 5.90. The lowest BCUT2D eigenvalue weighted by atomic mass is 10.1. The third-order valence-electron chi connectivity index (χ3n) is 3.08. The van der Waals surface area contributed by atoms with Crippen LogP contribution < -0.4 is 5.32 Å². The number of hydrogen-bond donors (Lipinski definition) is 1. The maximum absolute atomic E-state index is 4.39. The Morgan fingerprint density at radius 1 is 1.05 bits per heavy atom. The Morgan fingerprint density at radius 3 is 2.68 bits per heavy atom. The normalized spacial score (nSPS) is 11.1. The second kappa shape index (κ2) is 4.76. The van der Waals surface area contributed by atoms with E-state index < -0.39 is 0 Å². The van der Waals surface area contributed by atoms with Crippen molar-refractivity contribution in [2.45, 2.75) is 19.9 Å². The van der Waals surface area contributed by atoms with E-state index in [1.807, 2.05) is 12.4 Å². The van der Waals surface area contributed by atoms with Crippen molar-refractivity contribution in [2.75, 3.05) is 5.32 Å². The first kappa shape index (κ1) is 11.8. The third kappa shape index (κ3) is 2.19. The summed E-state index contributed by atoms with van der Waals surface area (Å²) < 4.78 is 2.10. The smallest absolute Gasteiger partial charge is 0.207 e. The zero-order chi connectivity index (χ0) is 13.2. The first-order valence-corrected chi connectivity index (χ1v) is 6.54. The van der Waals surface area contributed by atoms with Gasteiger partial charge in [0, 0.05) is 23.8 Å². The quantitative estimate of drug-likeness (QED) is 0.766. The molecule has 0 unspecified atom stereocenters. The van der Waals surface area contributed by atoms with Crippen molar-refractivity contribution in [2.24, 2.45) is 0 Å². The first-order valence-electron chi connectivity index (χ1n) is 6.54. The molecule has 2 aromatic carbocycles. The number of hydrogen-bond acceptors (Lipinski definition) is 2. The van der Waals surface area contributed by atoms with Gasteiger partial charge < -0.3 is 5.32 Å². The molecule has 0 fully saturated rings.